The average Bonchev–Trinajstić information content (AvgIpc) is 2.36. The largest absolute Gasteiger partial charge is 0.346 e. The Kier molecular flexibility index (Phi) is 6.40. The topological polar surface area (TPSA) is 46.2 Å². The number of thioether (sulfide) groups is 1. The summed E-state index contributed by atoms with van der Waals surface area (Å²) in [5.41, 5.74) is 1.26. The molecule has 3 nitrogen and oxygen atoms in total. The molecule has 91 valence electrons. The molecule has 0 spiro atoms. The van der Waals surface area contributed by atoms with Gasteiger partial charge in [-0.2, -0.15) is 11.8 Å². The number of carbonyl (C=O) groups is 1. The molecule has 1 N–H and O–H groups in total. The van der Waals surface area contributed by atoms with Gasteiger partial charge in [0, 0.05) is 17.9 Å². The minimum absolute atomic E-state index is 0.0959. The van der Waals surface area contributed by atoms with Crippen molar-refractivity contribution >= 4 is 24.0 Å². The highest BCUT2D eigenvalue weighted by molar-refractivity contribution is 7.98. The van der Waals surface area contributed by atoms with Crippen molar-refractivity contribution in [1.29, 1.82) is 0 Å². The van der Waals surface area contributed by atoms with Crippen LogP contribution in [0.15, 0.2) is 30.3 Å². The zero-order chi connectivity index (χ0) is 12.5. The fourth-order valence-electron chi connectivity index (χ4n) is 1.27. The lowest BCUT2D eigenvalue weighted by molar-refractivity contribution is -0.120. The Morgan fingerprint density at radius 1 is 1.41 bits per heavy atom. The first-order valence-corrected chi connectivity index (χ1v) is 6.66. The fraction of sp³-hybridized carbons (Fsp3) is 0.385. The van der Waals surface area contributed by atoms with E-state index in [9.17, 15) is 9.59 Å². The SMILES string of the molecule is C[C@@H]([C]=O)NC(=O)CCSCc1ccccc1. The van der Waals surface area contributed by atoms with E-state index in [-0.39, 0.29) is 5.91 Å². The van der Waals surface area contributed by atoms with E-state index in [1.807, 2.05) is 18.2 Å². The molecular weight excluding hydrogens is 234 g/mol. The van der Waals surface area contributed by atoms with E-state index in [4.69, 9.17) is 0 Å². The number of nitrogens with one attached hydrogen (secondary N) is 1. The molecule has 1 amide bonds. The van der Waals surface area contributed by atoms with Gasteiger partial charge in [0.05, 0.1) is 6.04 Å². The van der Waals surface area contributed by atoms with Gasteiger partial charge in [-0.25, -0.2) is 0 Å². The highest BCUT2D eigenvalue weighted by Crippen LogP contribution is 2.12. The first kappa shape index (κ1) is 13.8. The lowest BCUT2D eigenvalue weighted by Gasteiger charge is -2.06. The van der Waals surface area contributed by atoms with Crippen LogP contribution in [0.5, 0.6) is 0 Å². The molecule has 0 saturated carbocycles. The average molecular weight is 250 g/mol. The Labute approximate surface area is 106 Å². The van der Waals surface area contributed by atoms with E-state index in [0.29, 0.717) is 6.42 Å². The summed E-state index contributed by atoms with van der Waals surface area (Å²) in [7, 11) is 0. The molecule has 0 saturated heterocycles. The minimum atomic E-state index is -0.512. The molecule has 1 aromatic carbocycles. The van der Waals surface area contributed by atoms with Crippen LogP contribution >= 0.6 is 11.8 Å². The smallest absolute Gasteiger partial charge is 0.222 e. The first-order valence-electron chi connectivity index (χ1n) is 5.51. The quantitative estimate of drug-likeness (QED) is 0.752. The van der Waals surface area contributed by atoms with Crippen LogP contribution in [0.4, 0.5) is 0 Å². The monoisotopic (exact) mass is 250 g/mol. The second-order valence-corrected chi connectivity index (χ2v) is 4.80. The molecule has 0 aliphatic carbocycles. The van der Waals surface area contributed by atoms with Gasteiger partial charge in [0.1, 0.15) is 0 Å². The summed E-state index contributed by atoms with van der Waals surface area (Å²) < 4.78 is 0. The Morgan fingerprint density at radius 3 is 2.76 bits per heavy atom. The number of hydrogen-bond donors (Lipinski definition) is 1. The van der Waals surface area contributed by atoms with Gasteiger partial charge in [0.2, 0.25) is 12.2 Å². The van der Waals surface area contributed by atoms with Crippen molar-refractivity contribution in [2.75, 3.05) is 5.75 Å². The maximum atomic E-state index is 11.3. The van der Waals surface area contributed by atoms with Crippen molar-refractivity contribution in [3.63, 3.8) is 0 Å². The molecule has 0 heterocycles. The van der Waals surface area contributed by atoms with Crippen LogP contribution in [0, 0.1) is 0 Å². The van der Waals surface area contributed by atoms with Crippen molar-refractivity contribution < 1.29 is 9.59 Å². The van der Waals surface area contributed by atoms with Crippen LogP contribution in [-0.2, 0) is 15.3 Å². The summed E-state index contributed by atoms with van der Waals surface area (Å²) >= 11 is 1.71. The molecule has 1 atom stereocenters. The van der Waals surface area contributed by atoms with Gasteiger partial charge in [-0.1, -0.05) is 30.3 Å². The van der Waals surface area contributed by atoms with E-state index in [0.717, 1.165) is 11.5 Å². The van der Waals surface area contributed by atoms with Crippen molar-refractivity contribution in [3.8, 4) is 0 Å². The lowest BCUT2D eigenvalue weighted by Crippen LogP contribution is -2.33. The summed E-state index contributed by atoms with van der Waals surface area (Å²) in [6, 6.07) is 9.61. The van der Waals surface area contributed by atoms with Crippen LogP contribution < -0.4 is 5.32 Å². The lowest BCUT2D eigenvalue weighted by atomic mass is 10.2. The molecule has 1 radical (unpaired) electrons. The van der Waals surface area contributed by atoms with Crippen molar-refractivity contribution in [3.05, 3.63) is 35.9 Å². The van der Waals surface area contributed by atoms with Gasteiger partial charge in [-0.15, -0.1) is 0 Å². The molecule has 4 heteroatoms. The second kappa shape index (κ2) is 7.90. The fourth-order valence-corrected chi connectivity index (χ4v) is 2.17. The summed E-state index contributed by atoms with van der Waals surface area (Å²) in [6.07, 6.45) is 2.16. The molecule has 0 fully saturated rings. The van der Waals surface area contributed by atoms with Crippen LogP contribution in [0.1, 0.15) is 18.9 Å². The van der Waals surface area contributed by atoms with Crippen molar-refractivity contribution in [1.82, 2.24) is 5.32 Å². The number of carbonyl (C=O) groups excluding carboxylic acids is 2. The highest BCUT2D eigenvalue weighted by Gasteiger charge is 2.06. The van der Waals surface area contributed by atoms with Crippen LogP contribution in [0.2, 0.25) is 0 Å². The summed E-state index contributed by atoms with van der Waals surface area (Å²) in [5.74, 6) is 1.57. The molecule has 1 aromatic rings. The third-order valence-corrected chi connectivity index (χ3v) is 3.17. The second-order valence-electron chi connectivity index (χ2n) is 3.70. The molecule has 0 unspecified atom stereocenters. The minimum Gasteiger partial charge on any atom is -0.346 e. The van der Waals surface area contributed by atoms with Gasteiger partial charge >= 0.3 is 0 Å². The van der Waals surface area contributed by atoms with Gasteiger partial charge in [0.15, 0.2) is 0 Å². The molecule has 0 aliphatic heterocycles. The van der Waals surface area contributed by atoms with Crippen molar-refractivity contribution in [2.24, 2.45) is 0 Å². The zero-order valence-corrected chi connectivity index (χ0v) is 10.6. The third kappa shape index (κ3) is 6.12. The predicted octanol–water partition coefficient (Wildman–Crippen LogP) is 1.92. The third-order valence-electron chi connectivity index (χ3n) is 2.14. The van der Waals surface area contributed by atoms with Gasteiger partial charge in [0.25, 0.3) is 0 Å². The summed E-state index contributed by atoms with van der Waals surface area (Å²) in [4.78, 5) is 21.5. The maximum absolute atomic E-state index is 11.3. The highest BCUT2D eigenvalue weighted by atomic mass is 32.2. The Bertz CT molecular complexity index is 354. The summed E-state index contributed by atoms with van der Waals surface area (Å²) in [5, 5.41) is 2.55. The van der Waals surface area contributed by atoms with E-state index < -0.39 is 6.04 Å². The molecule has 1 rings (SSSR count). The van der Waals surface area contributed by atoms with Gasteiger partial charge in [-0.05, 0) is 12.5 Å². The van der Waals surface area contributed by atoms with Gasteiger partial charge < -0.3 is 5.32 Å². The Balaban J connectivity index is 2.12. The molecule has 17 heavy (non-hydrogen) atoms. The standard InChI is InChI=1S/C13H16NO2S/c1-11(9-15)14-13(16)7-8-17-10-12-5-3-2-4-6-12/h2-6,11H,7-8,10H2,1H3,(H,14,16)/t11-/m0/s1. The molecule has 0 aromatic heterocycles. The normalized spacial score (nSPS) is 11.8. The molecule has 0 bridgehead atoms. The number of rotatable bonds is 7. The first-order chi connectivity index (χ1) is 8.22. The van der Waals surface area contributed by atoms with E-state index in [2.05, 4.69) is 17.4 Å². The van der Waals surface area contributed by atoms with E-state index in [1.165, 1.54) is 5.56 Å². The van der Waals surface area contributed by atoms with Crippen LogP contribution in [0.25, 0.3) is 0 Å². The summed E-state index contributed by atoms with van der Waals surface area (Å²) in [6.45, 7) is 1.61. The van der Waals surface area contributed by atoms with E-state index >= 15 is 0 Å². The zero-order valence-electron chi connectivity index (χ0n) is 9.81. The Hall–Kier alpha value is -1.29. The molecular formula is C13H16NO2S. The van der Waals surface area contributed by atoms with Crippen LogP contribution in [-0.4, -0.2) is 24.0 Å². The molecule has 0 aliphatic rings. The van der Waals surface area contributed by atoms with Gasteiger partial charge in [-0.3, -0.25) is 9.59 Å². The predicted molar refractivity (Wildman–Crippen MR) is 70.5 cm³/mol. The number of benzene rings is 1. The maximum Gasteiger partial charge on any atom is 0.222 e. The number of hydrogen-bond acceptors (Lipinski definition) is 3. The Morgan fingerprint density at radius 2 is 2.12 bits per heavy atom. The van der Waals surface area contributed by atoms with E-state index in [1.54, 1.807) is 25.0 Å². The van der Waals surface area contributed by atoms with Crippen molar-refractivity contribution in [2.45, 2.75) is 25.1 Å². The van der Waals surface area contributed by atoms with Crippen LogP contribution in [0.3, 0.4) is 0 Å². The number of amides is 1.